The summed E-state index contributed by atoms with van der Waals surface area (Å²) in [5, 5.41) is 6.17. The Kier molecular flexibility index (Phi) is 6.35. The summed E-state index contributed by atoms with van der Waals surface area (Å²) in [6, 6.07) is 19.5. The number of hydrogen-bond acceptors (Lipinski definition) is 3. The maximum Gasteiger partial charge on any atom is 0.319 e. The van der Waals surface area contributed by atoms with E-state index < -0.39 is 0 Å². The second-order valence-electron chi connectivity index (χ2n) is 8.12. The lowest BCUT2D eigenvalue weighted by atomic mass is 9.81. The molecular weight excluding hydrogens is 362 g/mol. The van der Waals surface area contributed by atoms with E-state index in [9.17, 15) is 4.79 Å². The standard InChI is InChI=1S/C24H31N3O2/c1-2-29-23-13-11-19(12-14-23)25-24(28)26-20-15-21-9-6-10-22(16-20)27(21)17-18-7-4-3-5-8-18/h3-5,7-8,11-14,20-22H,2,6,9-10,15-17H2,1H3,(H2,25,26,28)/t21-,22-/m1/s1. The summed E-state index contributed by atoms with van der Waals surface area (Å²) in [4.78, 5) is 15.2. The first-order valence-electron chi connectivity index (χ1n) is 10.8. The number of nitrogens with one attached hydrogen (secondary N) is 2. The number of amides is 2. The predicted octanol–water partition coefficient (Wildman–Crippen LogP) is 4.79. The first-order valence-corrected chi connectivity index (χ1v) is 10.8. The van der Waals surface area contributed by atoms with Gasteiger partial charge in [-0.3, -0.25) is 4.90 Å². The Morgan fingerprint density at radius 1 is 1.03 bits per heavy atom. The van der Waals surface area contributed by atoms with Gasteiger partial charge in [-0.2, -0.15) is 0 Å². The lowest BCUT2D eigenvalue weighted by Crippen LogP contribution is -2.56. The van der Waals surface area contributed by atoms with Gasteiger partial charge in [0.2, 0.25) is 0 Å². The predicted molar refractivity (Wildman–Crippen MR) is 116 cm³/mol. The number of ether oxygens (including phenoxy) is 1. The number of benzene rings is 2. The summed E-state index contributed by atoms with van der Waals surface area (Å²) >= 11 is 0. The summed E-state index contributed by atoms with van der Waals surface area (Å²) in [5.74, 6) is 0.817. The molecule has 0 aliphatic carbocycles. The van der Waals surface area contributed by atoms with Crippen molar-refractivity contribution in [2.24, 2.45) is 0 Å². The molecule has 0 aromatic heterocycles. The third kappa shape index (κ3) is 5.10. The van der Waals surface area contributed by atoms with Crippen LogP contribution in [-0.4, -0.2) is 35.7 Å². The summed E-state index contributed by atoms with van der Waals surface area (Å²) in [5.41, 5.74) is 2.16. The third-order valence-electron chi connectivity index (χ3n) is 6.09. The first kappa shape index (κ1) is 19.8. The highest BCUT2D eigenvalue weighted by molar-refractivity contribution is 5.89. The molecule has 0 saturated carbocycles. The fourth-order valence-electron chi connectivity index (χ4n) is 4.80. The molecule has 5 heteroatoms. The van der Waals surface area contributed by atoms with Gasteiger partial charge in [-0.25, -0.2) is 4.79 Å². The van der Waals surface area contributed by atoms with Gasteiger partial charge in [0, 0.05) is 30.4 Å². The van der Waals surface area contributed by atoms with Crippen molar-refractivity contribution in [3.8, 4) is 5.75 Å². The van der Waals surface area contributed by atoms with Crippen LogP contribution in [0.25, 0.3) is 0 Å². The van der Waals surface area contributed by atoms with Crippen LogP contribution in [0.2, 0.25) is 0 Å². The molecule has 2 aromatic rings. The van der Waals surface area contributed by atoms with Crippen molar-refractivity contribution in [1.82, 2.24) is 10.2 Å². The molecule has 29 heavy (non-hydrogen) atoms. The van der Waals surface area contributed by atoms with E-state index in [-0.39, 0.29) is 12.1 Å². The van der Waals surface area contributed by atoms with Crippen LogP contribution in [0.4, 0.5) is 10.5 Å². The Morgan fingerprint density at radius 3 is 2.38 bits per heavy atom. The highest BCUT2D eigenvalue weighted by atomic mass is 16.5. The van der Waals surface area contributed by atoms with Crippen molar-refractivity contribution in [1.29, 1.82) is 0 Å². The largest absolute Gasteiger partial charge is 0.494 e. The Bertz CT molecular complexity index is 780. The van der Waals surface area contributed by atoms with Gasteiger partial charge in [0.25, 0.3) is 0 Å². The summed E-state index contributed by atoms with van der Waals surface area (Å²) < 4.78 is 5.45. The van der Waals surface area contributed by atoms with Crippen molar-refractivity contribution >= 4 is 11.7 Å². The molecular formula is C24H31N3O2. The van der Waals surface area contributed by atoms with Crippen molar-refractivity contribution < 1.29 is 9.53 Å². The second-order valence-corrected chi connectivity index (χ2v) is 8.12. The smallest absolute Gasteiger partial charge is 0.319 e. The molecule has 2 aliphatic heterocycles. The maximum atomic E-state index is 12.5. The third-order valence-corrected chi connectivity index (χ3v) is 6.09. The van der Waals surface area contributed by atoms with E-state index in [4.69, 9.17) is 4.74 Å². The van der Waals surface area contributed by atoms with Crippen LogP contribution in [0.5, 0.6) is 5.75 Å². The number of carbonyl (C=O) groups excluding carboxylic acids is 1. The first-order chi connectivity index (χ1) is 14.2. The molecule has 2 heterocycles. The van der Waals surface area contributed by atoms with Crippen LogP contribution in [-0.2, 0) is 6.54 Å². The van der Waals surface area contributed by atoms with E-state index >= 15 is 0 Å². The molecule has 2 amide bonds. The number of nitrogens with zero attached hydrogens (tertiary/aromatic N) is 1. The van der Waals surface area contributed by atoms with Crippen LogP contribution in [0.15, 0.2) is 54.6 Å². The minimum atomic E-state index is -0.117. The number of carbonyl (C=O) groups is 1. The monoisotopic (exact) mass is 393 g/mol. The normalized spacial score (nSPS) is 24.0. The minimum Gasteiger partial charge on any atom is -0.494 e. The lowest BCUT2D eigenvalue weighted by Gasteiger charge is -2.49. The zero-order valence-corrected chi connectivity index (χ0v) is 17.1. The van der Waals surface area contributed by atoms with Crippen molar-refractivity contribution in [2.75, 3.05) is 11.9 Å². The van der Waals surface area contributed by atoms with Gasteiger partial charge >= 0.3 is 6.03 Å². The molecule has 2 N–H and O–H groups in total. The quantitative estimate of drug-likeness (QED) is 0.742. The summed E-state index contributed by atoms with van der Waals surface area (Å²) in [6.45, 7) is 3.61. The molecule has 2 atom stereocenters. The molecule has 0 spiro atoms. The molecule has 2 fully saturated rings. The summed E-state index contributed by atoms with van der Waals surface area (Å²) in [7, 11) is 0. The Balaban J connectivity index is 1.32. The van der Waals surface area contributed by atoms with Gasteiger partial charge in [0.15, 0.2) is 0 Å². The van der Waals surface area contributed by atoms with Gasteiger partial charge < -0.3 is 15.4 Å². The minimum absolute atomic E-state index is 0.117. The SMILES string of the molecule is CCOc1ccc(NC(=O)NC2C[C@H]3CCC[C@H](C2)N3Cc2ccccc2)cc1. The van der Waals surface area contributed by atoms with Gasteiger partial charge in [-0.05, 0) is 62.4 Å². The summed E-state index contributed by atoms with van der Waals surface area (Å²) in [6.07, 6.45) is 5.80. The average Bonchev–Trinajstić information content (AvgIpc) is 2.71. The van der Waals surface area contributed by atoms with Crippen molar-refractivity contribution in [2.45, 2.75) is 63.7 Å². The van der Waals surface area contributed by atoms with E-state index in [1.807, 2.05) is 31.2 Å². The zero-order valence-electron chi connectivity index (χ0n) is 17.1. The second kappa shape index (κ2) is 9.31. The lowest BCUT2D eigenvalue weighted by molar-refractivity contribution is 0.0200. The zero-order chi connectivity index (χ0) is 20.1. The number of urea groups is 1. The van der Waals surface area contributed by atoms with E-state index in [0.29, 0.717) is 18.7 Å². The van der Waals surface area contributed by atoms with Crippen LogP contribution in [0, 0.1) is 0 Å². The topological polar surface area (TPSA) is 53.6 Å². The van der Waals surface area contributed by atoms with Crippen LogP contribution >= 0.6 is 0 Å². The van der Waals surface area contributed by atoms with Gasteiger partial charge in [-0.1, -0.05) is 36.8 Å². The molecule has 4 rings (SSSR count). The molecule has 154 valence electrons. The van der Waals surface area contributed by atoms with Crippen molar-refractivity contribution in [3.05, 3.63) is 60.2 Å². The number of hydrogen-bond donors (Lipinski definition) is 2. The maximum absolute atomic E-state index is 12.5. The van der Waals surface area contributed by atoms with E-state index in [0.717, 1.165) is 30.8 Å². The fraction of sp³-hybridized carbons (Fsp3) is 0.458. The van der Waals surface area contributed by atoms with Crippen LogP contribution in [0.3, 0.4) is 0 Å². The van der Waals surface area contributed by atoms with E-state index in [1.165, 1.54) is 24.8 Å². The molecule has 2 saturated heterocycles. The molecule has 0 unspecified atom stereocenters. The number of anilines is 1. The number of rotatable bonds is 6. The molecule has 5 nitrogen and oxygen atoms in total. The van der Waals surface area contributed by atoms with Crippen molar-refractivity contribution in [3.63, 3.8) is 0 Å². The number of fused-ring (bicyclic) bond motifs is 2. The molecule has 0 radical (unpaired) electrons. The highest BCUT2D eigenvalue weighted by Gasteiger charge is 2.38. The van der Waals surface area contributed by atoms with Crippen LogP contribution < -0.4 is 15.4 Å². The average molecular weight is 394 g/mol. The Morgan fingerprint density at radius 2 is 1.72 bits per heavy atom. The Hall–Kier alpha value is -2.53. The molecule has 2 bridgehead atoms. The van der Waals surface area contributed by atoms with Gasteiger partial charge in [0.1, 0.15) is 5.75 Å². The highest BCUT2D eigenvalue weighted by Crippen LogP contribution is 2.35. The molecule has 2 aliphatic rings. The van der Waals surface area contributed by atoms with Gasteiger partial charge in [-0.15, -0.1) is 0 Å². The Labute approximate surface area is 173 Å². The number of piperidine rings is 2. The van der Waals surface area contributed by atoms with E-state index in [1.54, 1.807) is 0 Å². The van der Waals surface area contributed by atoms with E-state index in [2.05, 4.69) is 45.9 Å². The molecule has 2 aromatic carbocycles. The van der Waals surface area contributed by atoms with Crippen LogP contribution in [0.1, 0.15) is 44.6 Å². The fourth-order valence-corrected chi connectivity index (χ4v) is 4.80. The van der Waals surface area contributed by atoms with Gasteiger partial charge in [0.05, 0.1) is 6.61 Å².